The average Bonchev–Trinajstić information content (AvgIpc) is 2.72. The Balaban J connectivity index is 1.88. The van der Waals surface area contributed by atoms with E-state index >= 15 is 0 Å². The second-order valence-corrected chi connectivity index (χ2v) is 6.05. The molecule has 1 amide bonds. The van der Waals surface area contributed by atoms with Crippen molar-refractivity contribution >= 4 is 29.3 Å². The van der Waals surface area contributed by atoms with Crippen LogP contribution in [0.1, 0.15) is 18.9 Å². The Morgan fingerprint density at radius 1 is 1.59 bits per heavy atom. The van der Waals surface area contributed by atoms with Crippen molar-refractivity contribution in [1.82, 2.24) is 4.90 Å². The summed E-state index contributed by atoms with van der Waals surface area (Å²) in [6, 6.07) is 7.72. The fourth-order valence-electron chi connectivity index (χ4n) is 2.01. The molecule has 4 heteroatoms. The molecule has 1 aliphatic rings. The molecule has 92 valence electrons. The summed E-state index contributed by atoms with van der Waals surface area (Å²) in [5.41, 5.74) is 1.13. The lowest BCUT2D eigenvalue weighted by molar-refractivity contribution is -0.130. The number of hydrogen-bond donors (Lipinski definition) is 0. The van der Waals surface area contributed by atoms with Crippen molar-refractivity contribution in [3.63, 3.8) is 0 Å². The Bertz CT molecular complexity index is 410. The second-order valence-electron chi connectivity index (χ2n) is 4.19. The van der Waals surface area contributed by atoms with Crippen molar-refractivity contribution in [2.24, 2.45) is 0 Å². The number of thioether (sulfide) groups is 1. The minimum Gasteiger partial charge on any atom is -0.330 e. The van der Waals surface area contributed by atoms with Gasteiger partial charge in [0.2, 0.25) is 5.91 Å². The van der Waals surface area contributed by atoms with Crippen molar-refractivity contribution in [1.29, 1.82) is 0 Å². The van der Waals surface area contributed by atoms with Crippen LogP contribution in [0.3, 0.4) is 0 Å². The standard InChI is InChI=1S/C13H16ClNOS/c1-10-15(7-8-17-10)13(16)6-5-11-3-2-4-12(14)9-11/h2-4,9-10H,5-8H2,1H3. The van der Waals surface area contributed by atoms with E-state index in [1.165, 1.54) is 0 Å². The van der Waals surface area contributed by atoms with Crippen LogP contribution in [-0.2, 0) is 11.2 Å². The van der Waals surface area contributed by atoms with Gasteiger partial charge in [-0.25, -0.2) is 0 Å². The van der Waals surface area contributed by atoms with Crippen LogP contribution in [0.2, 0.25) is 5.02 Å². The summed E-state index contributed by atoms with van der Waals surface area (Å²) in [6.07, 6.45) is 1.35. The highest BCUT2D eigenvalue weighted by Gasteiger charge is 2.24. The summed E-state index contributed by atoms with van der Waals surface area (Å²) in [7, 11) is 0. The number of benzene rings is 1. The van der Waals surface area contributed by atoms with E-state index in [0.717, 1.165) is 29.3 Å². The molecule has 1 aromatic rings. The maximum Gasteiger partial charge on any atom is 0.223 e. The van der Waals surface area contributed by atoms with Gasteiger partial charge in [0.25, 0.3) is 0 Å². The third-order valence-corrected chi connectivity index (χ3v) is 4.36. The molecule has 1 saturated heterocycles. The Hall–Kier alpha value is -0.670. The first kappa shape index (κ1) is 12.8. The van der Waals surface area contributed by atoms with E-state index < -0.39 is 0 Å². The van der Waals surface area contributed by atoms with Gasteiger partial charge >= 0.3 is 0 Å². The lowest BCUT2D eigenvalue weighted by Gasteiger charge is -2.20. The van der Waals surface area contributed by atoms with Gasteiger partial charge in [0.05, 0.1) is 5.37 Å². The monoisotopic (exact) mass is 269 g/mol. The van der Waals surface area contributed by atoms with E-state index in [-0.39, 0.29) is 5.91 Å². The van der Waals surface area contributed by atoms with E-state index in [1.807, 2.05) is 40.9 Å². The highest BCUT2D eigenvalue weighted by molar-refractivity contribution is 8.00. The van der Waals surface area contributed by atoms with Crippen LogP contribution >= 0.6 is 23.4 Å². The highest BCUT2D eigenvalue weighted by atomic mass is 35.5. The van der Waals surface area contributed by atoms with Gasteiger partial charge in [0.15, 0.2) is 0 Å². The van der Waals surface area contributed by atoms with Gasteiger partial charge < -0.3 is 4.90 Å². The quantitative estimate of drug-likeness (QED) is 0.840. The molecule has 17 heavy (non-hydrogen) atoms. The molecule has 1 atom stereocenters. The molecular weight excluding hydrogens is 254 g/mol. The normalized spacial score (nSPS) is 19.6. The van der Waals surface area contributed by atoms with Gasteiger partial charge in [-0.3, -0.25) is 4.79 Å². The van der Waals surface area contributed by atoms with E-state index in [0.29, 0.717) is 11.8 Å². The summed E-state index contributed by atoms with van der Waals surface area (Å²) in [6.45, 7) is 2.98. The molecule has 0 aromatic heterocycles. The molecule has 0 radical (unpaired) electrons. The molecule has 1 heterocycles. The number of halogens is 1. The summed E-state index contributed by atoms with van der Waals surface area (Å²) in [4.78, 5) is 14.0. The Morgan fingerprint density at radius 3 is 3.06 bits per heavy atom. The van der Waals surface area contributed by atoms with Gasteiger partial charge in [0.1, 0.15) is 0 Å². The Kier molecular flexibility index (Phi) is 4.35. The number of aryl methyl sites for hydroxylation is 1. The van der Waals surface area contributed by atoms with Crippen molar-refractivity contribution in [3.8, 4) is 0 Å². The van der Waals surface area contributed by atoms with Crippen LogP contribution in [0.25, 0.3) is 0 Å². The molecule has 2 nitrogen and oxygen atoms in total. The first-order valence-corrected chi connectivity index (χ1v) is 7.25. The van der Waals surface area contributed by atoms with Gasteiger partial charge in [-0.15, -0.1) is 11.8 Å². The number of nitrogens with zero attached hydrogens (tertiary/aromatic N) is 1. The zero-order chi connectivity index (χ0) is 12.3. The number of rotatable bonds is 3. The topological polar surface area (TPSA) is 20.3 Å². The van der Waals surface area contributed by atoms with Crippen LogP contribution in [0.5, 0.6) is 0 Å². The van der Waals surface area contributed by atoms with Crippen molar-refractivity contribution in [2.45, 2.75) is 25.1 Å². The molecule has 1 aliphatic heterocycles. The number of carbonyl (C=O) groups is 1. The Labute approximate surface area is 111 Å². The molecule has 1 unspecified atom stereocenters. The number of carbonyl (C=O) groups excluding carboxylic acids is 1. The van der Waals surface area contributed by atoms with E-state index in [2.05, 4.69) is 6.92 Å². The summed E-state index contributed by atoms with van der Waals surface area (Å²) in [5.74, 6) is 1.31. The van der Waals surface area contributed by atoms with Crippen LogP contribution < -0.4 is 0 Å². The zero-order valence-electron chi connectivity index (χ0n) is 9.86. The van der Waals surface area contributed by atoms with E-state index in [4.69, 9.17) is 11.6 Å². The SMILES string of the molecule is CC1SCCN1C(=O)CCc1cccc(Cl)c1. The maximum atomic E-state index is 12.0. The number of hydrogen-bond acceptors (Lipinski definition) is 2. The summed E-state index contributed by atoms with van der Waals surface area (Å²) in [5, 5.41) is 1.07. The molecule has 0 spiro atoms. The average molecular weight is 270 g/mol. The fraction of sp³-hybridized carbons (Fsp3) is 0.462. The molecule has 0 aliphatic carbocycles. The highest BCUT2D eigenvalue weighted by Crippen LogP contribution is 2.24. The van der Waals surface area contributed by atoms with Gasteiger partial charge in [-0.1, -0.05) is 23.7 Å². The van der Waals surface area contributed by atoms with Crippen molar-refractivity contribution in [3.05, 3.63) is 34.9 Å². The van der Waals surface area contributed by atoms with Crippen LogP contribution in [0, 0.1) is 0 Å². The Morgan fingerprint density at radius 2 is 2.41 bits per heavy atom. The van der Waals surface area contributed by atoms with Gasteiger partial charge in [0, 0.05) is 23.7 Å². The van der Waals surface area contributed by atoms with E-state index in [1.54, 1.807) is 0 Å². The molecule has 0 N–H and O–H groups in total. The molecular formula is C13H16ClNOS. The zero-order valence-corrected chi connectivity index (χ0v) is 11.4. The summed E-state index contributed by atoms with van der Waals surface area (Å²) >= 11 is 7.75. The van der Waals surface area contributed by atoms with Crippen molar-refractivity contribution in [2.75, 3.05) is 12.3 Å². The first-order chi connectivity index (χ1) is 8.16. The van der Waals surface area contributed by atoms with Gasteiger partial charge in [-0.2, -0.15) is 0 Å². The molecule has 1 aromatic carbocycles. The smallest absolute Gasteiger partial charge is 0.223 e. The third kappa shape index (κ3) is 3.39. The maximum absolute atomic E-state index is 12.0. The van der Waals surface area contributed by atoms with Crippen LogP contribution in [0.15, 0.2) is 24.3 Å². The van der Waals surface area contributed by atoms with Crippen molar-refractivity contribution < 1.29 is 4.79 Å². The van der Waals surface area contributed by atoms with Crippen LogP contribution in [-0.4, -0.2) is 28.5 Å². The lowest BCUT2D eigenvalue weighted by Crippen LogP contribution is -2.33. The van der Waals surface area contributed by atoms with Crippen LogP contribution in [0.4, 0.5) is 0 Å². The predicted molar refractivity (Wildman–Crippen MR) is 73.4 cm³/mol. The molecule has 2 rings (SSSR count). The molecule has 0 bridgehead atoms. The predicted octanol–water partition coefficient (Wildman–Crippen LogP) is 3.19. The summed E-state index contributed by atoms with van der Waals surface area (Å²) < 4.78 is 0. The minimum atomic E-state index is 0.252. The third-order valence-electron chi connectivity index (χ3n) is 2.97. The van der Waals surface area contributed by atoms with E-state index in [9.17, 15) is 4.79 Å². The van der Waals surface area contributed by atoms with Gasteiger partial charge in [-0.05, 0) is 31.0 Å². The molecule has 1 fully saturated rings. The first-order valence-electron chi connectivity index (χ1n) is 5.82. The minimum absolute atomic E-state index is 0.252. The lowest BCUT2D eigenvalue weighted by atomic mass is 10.1. The second kappa shape index (κ2) is 5.78. The fourth-order valence-corrected chi connectivity index (χ4v) is 3.27. The largest absolute Gasteiger partial charge is 0.330 e. The molecule has 0 saturated carbocycles. The number of amides is 1.